The van der Waals surface area contributed by atoms with Gasteiger partial charge >= 0.3 is 0 Å². The number of ether oxygens (including phenoxy) is 2. The third-order valence-electron chi connectivity index (χ3n) is 4.92. The summed E-state index contributed by atoms with van der Waals surface area (Å²) in [7, 11) is 3.14. The minimum Gasteiger partial charge on any atom is -0.493 e. The number of piperazine rings is 1. The van der Waals surface area contributed by atoms with Crippen molar-refractivity contribution in [3.05, 3.63) is 59.4 Å². The first-order valence-corrected chi connectivity index (χ1v) is 9.09. The number of carbonyl (C=O) groups is 1. The Bertz CT molecular complexity index is 771. The Labute approximate surface area is 159 Å². The van der Waals surface area contributed by atoms with E-state index >= 15 is 0 Å². The topological polar surface area (TPSA) is 42.0 Å². The number of methoxy groups -OCH3 is 2. The lowest BCUT2D eigenvalue weighted by Crippen LogP contribution is -2.49. The van der Waals surface area contributed by atoms with E-state index in [4.69, 9.17) is 9.47 Å². The summed E-state index contributed by atoms with van der Waals surface area (Å²) < 4.78 is 23.5. The maximum atomic E-state index is 13.0. The van der Waals surface area contributed by atoms with Crippen LogP contribution in [0.2, 0.25) is 0 Å². The first kappa shape index (κ1) is 19.2. The molecule has 27 heavy (non-hydrogen) atoms. The number of amides is 1. The van der Waals surface area contributed by atoms with Crippen LogP contribution in [0.3, 0.4) is 0 Å². The van der Waals surface area contributed by atoms with Crippen molar-refractivity contribution in [1.82, 2.24) is 9.80 Å². The average molecular weight is 372 g/mol. The largest absolute Gasteiger partial charge is 0.493 e. The molecule has 1 aliphatic rings. The molecule has 0 spiro atoms. The fraction of sp³-hybridized carbons (Fsp3) is 0.381. The number of carbonyl (C=O) groups excluding carboxylic acids is 1. The minimum absolute atomic E-state index is 0.00846. The predicted octanol–water partition coefficient (Wildman–Crippen LogP) is 2.84. The zero-order valence-electron chi connectivity index (χ0n) is 15.8. The van der Waals surface area contributed by atoms with E-state index in [-0.39, 0.29) is 11.7 Å². The molecule has 0 aliphatic carbocycles. The second kappa shape index (κ2) is 8.86. The first-order valence-electron chi connectivity index (χ1n) is 9.09. The molecular weight excluding hydrogens is 347 g/mol. The Morgan fingerprint density at radius 3 is 2.26 bits per heavy atom. The van der Waals surface area contributed by atoms with E-state index in [0.717, 1.165) is 31.6 Å². The van der Waals surface area contributed by atoms with Crippen molar-refractivity contribution >= 4 is 5.91 Å². The van der Waals surface area contributed by atoms with E-state index < -0.39 is 0 Å². The quantitative estimate of drug-likeness (QED) is 0.782. The zero-order chi connectivity index (χ0) is 19.2. The van der Waals surface area contributed by atoms with Crippen LogP contribution in [0, 0.1) is 5.82 Å². The number of nitrogens with zero attached hydrogens (tertiary/aromatic N) is 2. The van der Waals surface area contributed by atoms with Crippen LogP contribution in [-0.2, 0) is 6.42 Å². The maximum Gasteiger partial charge on any atom is 0.254 e. The van der Waals surface area contributed by atoms with Crippen molar-refractivity contribution in [3.63, 3.8) is 0 Å². The van der Waals surface area contributed by atoms with Gasteiger partial charge in [0.2, 0.25) is 0 Å². The zero-order valence-corrected chi connectivity index (χ0v) is 15.8. The van der Waals surface area contributed by atoms with Gasteiger partial charge in [0.15, 0.2) is 11.5 Å². The van der Waals surface area contributed by atoms with Gasteiger partial charge in [-0.1, -0.05) is 12.1 Å². The molecule has 0 bridgehead atoms. The standard InChI is InChI=1S/C21H25FN2O3/c1-26-19-8-5-17(15-20(19)27-2)21(25)24-13-11-23(12-14-24)10-9-16-3-6-18(22)7-4-16/h3-8,15H,9-14H2,1-2H3. The van der Waals surface area contributed by atoms with Crippen molar-refractivity contribution in [2.45, 2.75) is 6.42 Å². The Morgan fingerprint density at radius 1 is 0.963 bits per heavy atom. The Morgan fingerprint density at radius 2 is 1.63 bits per heavy atom. The second-order valence-electron chi connectivity index (χ2n) is 6.58. The molecule has 0 radical (unpaired) electrons. The molecule has 2 aromatic carbocycles. The molecule has 1 saturated heterocycles. The van der Waals surface area contributed by atoms with Gasteiger partial charge in [-0.25, -0.2) is 4.39 Å². The average Bonchev–Trinajstić information content (AvgIpc) is 2.72. The van der Waals surface area contributed by atoms with E-state index in [1.165, 1.54) is 12.1 Å². The lowest BCUT2D eigenvalue weighted by molar-refractivity contribution is 0.0638. The lowest BCUT2D eigenvalue weighted by atomic mass is 10.1. The Hall–Kier alpha value is -2.60. The van der Waals surface area contributed by atoms with Crippen molar-refractivity contribution in [3.8, 4) is 11.5 Å². The molecule has 5 nitrogen and oxygen atoms in total. The summed E-state index contributed by atoms with van der Waals surface area (Å²) >= 11 is 0. The van der Waals surface area contributed by atoms with Gasteiger partial charge in [-0.15, -0.1) is 0 Å². The highest BCUT2D eigenvalue weighted by molar-refractivity contribution is 5.95. The molecule has 1 aliphatic heterocycles. The molecule has 1 fully saturated rings. The van der Waals surface area contributed by atoms with Crippen molar-refractivity contribution in [1.29, 1.82) is 0 Å². The monoisotopic (exact) mass is 372 g/mol. The third-order valence-corrected chi connectivity index (χ3v) is 4.92. The minimum atomic E-state index is -0.207. The number of hydrogen-bond acceptors (Lipinski definition) is 4. The summed E-state index contributed by atoms with van der Waals surface area (Å²) in [5.74, 6) is 0.969. The van der Waals surface area contributed by atoms with Crippen molar-refractivity contribution in [2.24, 2.45) is 0 Å². The molecule has 0 atom stereocenters. The number of halogens is 1. The molecule has 0 N–H and O–H groups in total. The van der Waals surface area contributed by atoms with Crippen LogP contribution in [0.5, 0.6) is 11.5 Å². The van der Waals surface area contributed by atoms with Gasteiger partial charge in [-0.2, -0.15) is 0 Å². The summed E-state index contributed by atoms with van der Waals surface area (Å²) in [4.78, 5) is 17.0. The van der Waals surface area contributed by atoms with E-state index in [9.17, 15) is 9.18 Å². The van der Waals surface area contributed by atoms with Crippen LogP contribution < -0.4 is 9.47 Å². The van der Waals surface area contributed by atoms with E-state index in [2.05, 4.69) is 4.90 Å². The molecule has 1 amide bonds. The van der Waals surface area contributed by atoms with Gasteiger partial charge in [-0.05, 0) is 42.3 Å². The van der Waals surface area contributed by atoms with Crippen LogP contribution in [-0.4, -0.2) is 62.7 Å². The van der Waals surface area contributed by atoms with Gasteiger partial charge in [-0.3, -0.25) is 9.69 Å². The van der Waals surface area contributed by atoms with Crippen LogP contribution in [0.25, 0.3) is 0 Å². The third kappa shape index (κ3) is 4.77. The predicted molar refractivity (Wildman–Crippen MR) is 102 cm³/mol. The molecule has 1 heterocycles. The normalized spacial score (nSPS) is 14.9. The summed E-state index contributed by atoms with van der Waals surface area (Å²) in [5.41, 5.74) is 1.73. The van der Waals surface area contributed by atoms with Crippen LogP contribution >= 0.6 is 0 Å². The Balaban J connectivity index is 1.52. The summed E-state index contributed by atoms with van der Waals surface area (Å²) in [6.45, 7) is 3.96. The Kier molecular flexibility index (Phi) is 6.29. The highest BCUT2D eigenvalue weighted by Crippen LogP contribution is 2.28. The van der Waals surface area contributed by atoms with Gasteiger partial charge in [0.05, 0.1) is 14.2 Å². The first-order chi connectivity index (χ1) is 13.1. The summed E-state index contributed by atoms with van der Waals surface area (Å²) in [5, 5.41) is 0. The maximum absolute atomic E-state index is 13.0. The van der Waals surface area contributed by atoms with Gasteiger partial charge in [0.25, 0.3) is 5.91 Å². The van der Waals surface area contributed by atoms with E-state index in [0.29, 0.717) is 30.2 Å². The molecule has 0 aromatic heterocycles. The number of hydrogen-bond donors (Lipinski definition) is 0. The van der Waals surface area contributed by atoms with Crippen molar-refractivity contribution in [2.75, 3.05) is 46.9 Å². The smallest absolute Gasteiger partial charge is 0.254 e. The van der Waals surface area contributed by atoms with Gasteiger partial charge in [0.1, 0.15) is 5.82 Å². The molecular formula is C21H25FN2O3. The lowest BCUT2D eigenvalue weighted by Gasteiger charge is -2.34. The number of benzene rings is 2. The number of rotatable bonds is 6. The van der Waals surface area contributed by atoms with E-state index in [1.54, 1.807) is 32.4 Å². The highest BCUT2D eigenvalue weighted by Gasteiger charge is 2.22. The fourth-order valence-corrected chi connectivity index (χ4v) is 3.26. The molecule has 144 valence electrons. The molecule has 2 aromatic rings. The second-order valence-corrected chi connectivity index (χ2v) is 6.58. The summed E-state index contributed by atoms with van der Waals surface area (Å²) in [6.07, 6.45) is 0.879. The summed E-state index contributed by atoms with van der Waals surface area (Å²) in [6, 6.07) is 11.9. The SMILES string of the molecule is COc1ccc(C(=O)N2CCN(CCc3ccc(F)cc3)CC2)cc1OC. The van der Waals surface area contributed by atoms with Crippen LogP contribution in [0.15, 0.2) is 42.5 Å². The fourth-order valence-electron chi connectivity index (χ4n) is 3.26. The molecule has 3 rings (SSSR count). The van der Waals surface area contributed by atoms with E-state index in [1.807, 2.05) is 17.0 Å². The van der Waals surface area contributed by atoms with Gasteiger partial charge in [0, 0.05) is 38.3 Å². The van der Waals surface area contributed by atoms with Crippen LogP contribution in [0.1, 0.15) is 15.9 Å². The highest BCUT2D eigenvalue weighted by atomic mass is 19.1. The van der Waals surface area contributed by atoms with Crippen molar-refractivity contribution < 1.29 is 18.7 Å². The molecule has 0 unspecified atom stereocenters. The molecule has 0 saturated carbocycles. The van der Waals surface area contributed by atoms with Crippen LogP contribution in [0.4, 0.5) is 4.39 Å². The van der Waals surface area contributed by atoms with Gasteiger partial charge < -0.3 is 14.4 Å². The molecule has 6 heteroatoms.